The van der Waals surface area contributed by atoms with Gasteiger partial charge in [0.05, 0.1) is 21.0 Å². The lowest BCUT2D eigenvalue weighted by Crippen LogP contribution is -2.45. The van der Waals surface area contributed by atoms with Crippen LogP contribution in [0.15, 0.2) is 133 Å². The number of hydrogen-bond acceptors (Lipinski definition) is 15. The molecule has 9 rings (SSSR count). The Morgan fingerprint density at radius 3 is 2.39 bits per heavy atom. The number of benzene rings is 5. The Balaban J connectivity index is 0.908. The van der Waals surface area contributed by atoms with Crippen molar-refractivity contribution >= 4 is 49.2 Å². The Kier molecular flexibility index (Phi) is 16.4. The summed E-state index contributed by atoms with van der Waals surface area (Å²) in [5.74, 6) is 0.243. The average molecular weight is 1060 g/mol. The van der Waals surface area contributed by atoms with Gasteiger partial charge in [-0.25, -0.2) is 29.1 Å². The number of likely N-dealkylation sites (N-methyl/N-ethyl adjacent to an activating group) is 1. The van der Waals surface area contributed by atoms with Crippen LogP contribution in [0.2, 0.25) is 5.02 Å². The number of aromatic nitrogens is 4. The smallest absolute Gasteiger partial charge is 0.345 e. The summed E-state index contributed by atoms with van der Waals surface area (Å²) in [7, 11) is -1.82. The first-order valence-corrected chi connectivity index (χ1v) is 26.4. The highest BCUT2D eigenvalue weighted by Crippen LogP contribution is 2.49. The number of ether oxygens (including phenoxy) is 4. The van der Waals surface area contributed by atoms with Gasteiger partial charge in [0.2, 0.25) is 12.0 Å². The Hall–Kier alpha value is -7.06. The van der Waals surface area contributed by atoms with Crippen molar-refractivity contribution in [3.8, 4) is 56.1 Å². The van der Waals surface area contributed by atoms with Crippen LogP contribution in [0.1, 0.15) is 22.4 Å². The third-order valence-corrected chi connectivity index (χ3v) is 15.4. The molecule has 15 nitrogen and oxygen atoms in total. The van der Waals surface area contributed by atoms with E-state index in [2.05, 4.69) is 31.8 Å². The van der Waals surface area contributed by atoms with Crippen molar-refractivity contribution in [2.24, 2.45) is 0 Å². The number of carboxylic acid groups (broad SMARTS) is 1. The number of fused-ring (bicyclic) bond motifs is 1. The molecule has 1 saturated heterocycles. The molecule has 382 valence electrons. The zero-order valence-electron chi connectivity index (χ0n) is 40.7. The number of nitrogens with zero attached hydrogens (tertiary/aromatic N) is 6. The van der Waals surface area contributed by atoms with Gasteiger partial charge in [-0.05, 0) is 97.7 Å². The monoisotopic (exact) mass is 1060 g/mol. The van der Waals surface area contributed by atoms with Crippen LogP contribution in [-0.2, 0) is 32.1 Å². The third kappa shape index (κ3) is 12.5. The molecule has 1 atom stereocenters. The molecule has 0 bridgehead atoms. The van der Waals surface area contributed by atoms with Crippen molar-refractivity contribution in [2.75, 3.05) is 59.6 Å². The van der Waals surface area contributed by atoms with Crippen molar-refractivity contribution in [1.82, 2.24) is 29.7 Å². The highest BCUT2D eigenvalue weighted by atomic mass is 35.5. The number of hydrogen-bond donors (Lipinski definition) is 1. The topological polar surface area (TPSA) is 176 Å². The predicted octanol–water partition coefficient (Wildman–Crippen LogP) is 9.96. The van der Waals surface area contributed by atoms with E-state index < -0.39 is 28.0 Å². The van der Waals surface area contributed by atoms with E-state index in [0.717, 1.165) is 48.7 Å². The highest BCUT2D eigenvalue weighted by molar-refractivity contribution is 7.86. The zero-order valence-corrected chi connectivity index (χ0v) is 43.1. The normalized spacial score (nSPS) is 13.7. The van der Waals surface area contributed by atoms with Gasteiger partial charge in [-0.3, -0.25) is 9.08 Å². The summed E-state index contributed by atoms with van der Waals surface area (Å²) in [5.41, 5.74) is 5.49. The van der Waals surface area contributed by atoms with Gasteiger partial charge in [-0.2, -0.15) is 8.42 Å². The number of thiophene rings is 1. The average Bonchev–Trinajstić information content (AvgIpc) is 3.79. The number of para-hydroxylation sites is 1. The van der Waals surface area contributed by atoms with E-state index in [1.54, 1.807) is 79.0 Å². The molecule has 1 N–H and O–H groups in total. The van der Waals surface area contributed by atoms with Crippen molar-refractivity contribution in [3.63, 3.8) is 0 Å². The molecule has 0 radical (unpaired) electrons. The summed E-state index contributed by atoms with van der Waals surface area (Å²) in [5, 5.41) is 11.6. The van der Waals surface area contributed by atoms with Crippen LogP contribution in [0.25, 0.3) is 43.2 Å². The molecule has 74 heavy (non-hydrogen) atoms. The van der Waals surface area contributed by atoms with Crippen LogP contribution in [-0.4, -0.2) is 115 Å². The first kappa shape index (κ1) is 51.8. The first-order chi connectivity index (χ1) is 35.8. The van der Waals surface area contributed by atoms with E-state index in [0.29, 0.717) is 78.4 Å². The second-order valence-corrected chi connectivity index (χ2v) is 20.6. The largest absolute Gasteiger partial charge is 0.491 e. The minimum Gasteiger partial charge on any atom is -0.491 e. The van der Waals surface area contributed by atoms with Crippen LogP contribution in [0.4, 0.5) is 4.39 Å². The molecule has 1 aliphatic heterocycles. The second-order valence-electron chi connectivity index (χ2n) is 17.6. The van der Waals surface area contributed by atoms with E-state index in [1.807, 2.05) is 32.0 Å². The number of rotatable bonds is 21. The number of aliphatic carboxylic acids is 1. The molecule has 0 spiro atoms. The quantitative estimate of drug-likeness (QED) is 0.0531. The summed E-state index contributed by atoms with van der Waals surface area (Å²) in [6.45, 7) is 8.73. The van der Waals surface area contributed by atoms with Gasteiger partial charge in [0.25, 0.3) is 10.1 Å². The zero-order chi connectivity index (χ0) is 51.8. The highest BCUT2D eigenvalue weighted by Gasteiger charge is 2.29. The predicted molar refractivity (Wildman–Crippen MR) is 281 cm³/mol. The number of aryl methyl sites for hydroxylation is 1. The fourth-order valence-corrected chi connectivity index (χ4v) is 10.6. The maximum atomic E-state index is 14.3. The molecule has 3 aromatic heterocycles. The van der Waals surface area contributed by atoms with Crippen molar-refractivity contribution < 1.29 is 45.8 Å². The summed E-state index contributed by atoms with van der Waals surface area (Å²) in [6.07, 6.45) is 1.41. The molecule has 1 aliphatic rings. The molecule has 0 saturated carbocycles. The minimum atomic E-state index is -3.94. The van der Waals surface area contributed by atoms with Gasteiger partial charge < -0.3 is 29.0 Å². The van der Waals surface area contributed by atoms with Crippen molar-refractivity contribution in [1.29, 1.82) is 0 Å². The van der Waals surface area contributed by atoms with Gasteiger partial charge >= 0.3 is 5.97 Å². The molecule has 5 aromatic carbocycles. The van der Waals surface area contributed by atoms with Crippen molar-refractivity contribution in [3.05, 3.63) is 161 Å². The summed E-state index contributed by atoms with van der Waals surface area (Å²) >= 11 is 8.42. The Labute approximate surface area is 437 Å². The van der Waals surface area contributed by atoms with Gasteiger partial charge in [0.1, 0.15) is 60.7 Å². The fraction of sp³-hybridized carbons (Fsp3) is 0.255. The minimum absolute atomic E-state index is 0.0209. The van der Waals surface area contributed by atoms with Crippen LogP contribution < -0.4 is 18.9 Å². The molecule has 19 heteroatoms. The molecular formula is C55H52ClFN6O9S2. The number of carboxylic acids is 1. The second kappa shape index (κ2) is 23.4. The van der Waals surface area contributed by atoms with E-state index >= 15 is 0 Å². The van der Waals surface area contributed by atoms with Gasteiger partial charge in [-0.1, -0.05) is 77.8 Å². The summed E-state index contributed by atoms with van der Waals surface area (Å²) in [6, 6.07) is 32.1. The molecule has 4 heterocycles. The lowest BCUT2D eigenvalue weighted by molar-refractivity contribution is -0.145. The molecule has 0 aliphatic carbocycles. The molecule has 8 aromatic rings. The van der Waals surface area contributed by atoms with E-state index in [-0.39, 0.29) is 37.0 Å². The number of halogens is 2. The molecule has 0 amide bonds. The van der Waals surface area contributed by atoms with Gasteiger partial charge in [0, 0.05) is 61.3 Å². The standard InChI is InChI=1S/C55H52ClFN6O9S2/c1-35-11-17-43(18-12-35)74(66,67)71-30-29-68-42-9-6-8-39(31-42)52-58-22-21-41(61-52)33-70-45-10-5-4-7-38(45)32-47(55(64)65)72-53-49-48(51(73-54(49)60-34-59-53)37-13-15-40(57)16-14-37)44-19-20-46(50(56)36(44)2)69-28-27-63-25-23-62(3)24-26-63/h4-22,31,34,47H,23-30,32-33H2,1-3H3,(H,64,65)/t47-/m1/s1. The maximum Gasteiger partial charge on any atom is 0.345 e. The van der Waals surface area contributed by atoms with E-state index in [9.17, 15) is 22.7 Å². The SMILES string of the molecule is Cc1ccc(S(=O)(=O)OCCOc2cccc(-c3nccc(COc4ccccc4C[C@@H](Oc4ncnc5sc(-c6ccc(F)cc6)c(-c6ccc(OCCN7CCN(C)CC7)c(Cl)c6C)c45)C(=O)O)n3)c2)cc1. The lowest BCUT2D eigenvalue weighted by atomic mass is 9.96. The molecule has 0 unspecified atom stereocenters. The van der Waals surface area contributed by atoms with Crippen LogP contribution in [0.5, 0.6) is 23.1 Å². The van der Waals surface area contributed by atoms with E-state index in [1.165, 1.54) is 41.9 Å². The first-order valence-electron chi connectivity index (χ1n) is 23.8. The van der Waals surface area contributed by atoms with Gasteiger partial charge in [0.15, 0.2) is 5.82 Å². The van der Waals surface area contributed by atoms with Crippen LogP contribution >= 0.6 is 22.9 Å². The maximum absolute atomic E-state index is 14.3. The third-order valence-electron chi connectivity index (χ3n) is 12.4. The Bertz CT molecular complexity index is 3380. The lowest BCUT2D eigenvalue weighted by Gasteiger charge is -2.32. The molecule has 1 fully saturated rings. The van der Waals surface area contributed by atoms with Gasteiger partial charge in [-0.15, -0.1) is 11.3 Å². The number of piperazine rings is 1. The number of carbonyl (C=O) groups is 1. The summed E-state index contributed by atoms with van der Waals surface area (Å²) in [4.78, 5) is 37.4. The van der Waals surface area contributed by atoms with Crippen molar-refractivity contribution in [2.45, 2.75) is 37.9 Å². The summed E-state index contributed by atoms with van der Waals surface area (Å²) < 4.78 is 69.4. The van der Waals surface area contributed by atoms with Crippen LogP contribution in [0, 0.1) is 19.7 Å². The molecular weight excluding hydrogens is 1010 g/mol. The van der Waals surface area contributed by atoms with E-state index in [4.69, 9.17) is 39.7 Å². The Morgan fingerprint density at radius 2 is 1.61 bits per heavy atom. The van der Waals surface area contributed by atoms with Crippen LogP contribution in [0.3, 0.4) is 0 Å². The Morgan fingerprint density at radius 1 is 0.824 bits per heavy atom. The fourth-order valence-electron chi connectivity index (χ4n) is 8.35.